The highest BCUT2D eigenvalue weighted by Crippen LogP contribution is 2.32. The highest BCUT2D eigenvalue weighted by Gasteiger charge is 2.17. The third-order valence-corrected chi connectivity index (χ3v) is 6.10. The average Bonchev–Trinajstić information content (AvgIpc) is 3.43. The molecule has 34 heavy (non-hydrogen) atoms. The Balaban J connectivity index is 1.34. The van der Waals surface area contributed by atoms with Crippen LogP contribution in [0.15, 0.2) is 72.1 Å². The van der Waals surface area contributed by atoms with Crippen molar-refractivity contribution in [3.63, 3.8) is 0 Å². The molecule has 0 saturated heterocycles. The van der Waals surface area contributed by atoms with E-state index in [0.29, 0.717) is 22.8 Å². The number of ether oxygens (including phenoxy) is 1. The van der Waals surface area contributed by atoms with Crippen LogP contribution in [0.4, 0.5) is 22.2 Å². The number of imidazole rings is 1. The average molecular weight is 471 g/mol. The smallest absolute Gasteiger partial charge is 0.255 e. The van der Waals surface area contributed by atoms with Gasteiger partial charge in [-0.15, -0.1) is 11.3 Å². The van der Waals surface area contributed by atoms with Crippen molar-refractivity contribution in [2.75, 3.05) is 23.5 Å². The van der Waals surface area contributed by atoms with Crippen LogP contribution < -0.4 is 21.1 Å². The first-order valence-corrected chi connectivity index (χ1v) is 11.4. The molecule has 0 atom stereocenters. The second kappa shape index (κ2) is 8.87. The Morgan fingerprint density at radius 2 is 1.82 bits per heavy atom. The summed E-state index contributed by atoms with van der Waals surface area (Å²) in [4.78, 5) is 21.9. The van der Waals surface area contributed by atoms with Crippen LogP contribution in [0.3, 0.4) is 0 Å². The van der Waals surface area contributed by atoms with Crippen molar-refractivity contribution in [2.45, 2.75) is 6.92 Å². The second-order valence-corrected chi connectivity index (χ2v) is 8.45. The number of hydrogen-bond acceptors (Lipinski definition) is 7. The monoisotopic (exact) mass is 470 g/mol. The summed E-state index contributed by atoms with van der Waals surface area (Å²) in [5.41, 5.74) is 11.7. The number of nitrogen functional groups attached to an aromatic ring is 1. The van der Waals surface area contributed by atoms with Gasteiger partial charge in [0.15, 0.2) is 11.0 Å². The molecule has 3 heterocycles. The molecule has 0 saturated carbocycles. The summed E-state index contributed by atoms with van der Waals surface area (Å²) in [7, 11) is 1.64. The molecule has 4 N–H and O–H groups in total. The number of carbonyl (C=O) groups excluding carboxylic acids is 1. The van der Waals surface area contributed by atoms with Crippen molar-refractivity contribution < 1.29 is 9.53 Å². The number of benzene rings is 2. The van der Waals surface area contributed by atoms with Gasteiger partial charge in [0, 0.05) is 16.6 Å². The Bertz CT molecular complexity index is 1490. The Labute approximate surface area is 200 Å². The highest BCUT2D eigenvalue weighted by molar-refractivity contribution is 7.14. The predicted octanol–water partition coefficient (Wildman–Crippen LogP) is 5.35. The summed E-state index contributed by atoms with van der Waals surface area (Å²) < 4.78 is 7.48. The molecular formula is C25H22N6O2S. The summed E-state index contributed by atoms with van der Waals surface area (Å²) >= 11 is 1.49. The third-order valence-electron chi connectivity index (χ3n) is 5.35. The summed E-state index contributed by atoms with van der Waals surface area (Å²) in [6.07, 6.45) is 0. The topological polar surface area (TPSA) is 107 Å². The quantitative estimate of drug-likeness (QED) is 0.289. The van der Waals surface area contributed by atoms with Crippen LogP contribution in [0.1, 0.15) is 16.1 Å². The SMILES string of the molecule is COc1cccc2nc(C)c(-c3csc(Nc4ccc(C(=O)Nc5ccccc5N)cc4)n3)n12. The number of aromatic nitrogens is 3. The Morgan fingerprint density at radius 3 is 2.59 bits per heavy atom. The summed E-state index contributed by atoms with van der Waals surface area (Å²) in [6, 6.07) is 20.1. The zero-order valence-electron chi connectivity index (χ0n) is 18.6. The van der Waals surface area contributed by atoms with E-state index >= 15 is 0 Å². The van der Waals surface area contributed by atoms with E-state index in [4.69, 9.17) is 15.5 Å². The number of para-hydroxylation sites is 2. The number of rotatable bonds is 6. The van der Waals surface area contributed by atoms with E-state index in [-0.39, 0.29) is 5.91 Å². The lowest BCUT2D eigenvalue weighted by molar-refractivity contribution is 0.102. The first kappa shape index (κ1) is 21.5. The molecule has 170 valence electrons. The summed E-state index contributed by atoms with van der Waals surface area (Å²) in [6.45, 7) is 1.96. The molecule has 8 nitrogen and oxygen atoms in total. The zero-order valence-corrected chi connectivity index (χ0v) is 19.4. The van der Waals surface area contributed by atoms with Gasteiger partial charge in [0.1, 0.15) is 11.3 Å². The standard InChI is InChI=1S/C25H22N6O2S/c1-15-23(31-21(27-15)8-5-9-22(31)33-2)20-14-34-25(30-20)28-17-12-10-16(11-13-17)24(32)29-19-7-4-3-6-18(19)26/h3-14H,26H2,1-2H3,(H,28,30)(H,29,32). The minimum absolute atomic E-state index is 0.224. The lowest BCUT2D eigenvalue weighted by Crippen LogP contribution is -2.13. The summed E-state index contributed by atoms with van der Waals surface area (Å²) in [5.74, 6) is 0.472. The molecule has 0 spiro atoms. The van der Waals surface area contributed by atoms with Gasteiger partial charge in [-0.1, -0.05) is 18.2 Å². The number of pyridine rings is 1. The van der Waals surface area contributed by atoms with E-state index in [2.05, 4.69) is 15.6 Å². The number of carbonyl (C=O) groups is 1. The fraction of sp³-hybridized carbons (Fsp3) is 0.0800. The number of methoxy groups -OCH3 is 1. The van der Waals surface area contributed by atoms with Crippen molar-refractivity contribution in [2.24, 2.45) is 0 Å². The molecule has 0 unspecified atom stereocenters. The molecular weight excluding hydrogens is 448 g/mol. The van der Waals surface area contributed by atoms with Gasteiger partial charge in [-0.3, -0.25) is 9.20 Å². The number of anilines is 4. The van der Waals surface area contributed by atoms with E-state index in [1.807, 2.05) is 59.2 Å². The van der Waals surface area contributed by atoms with Gasteiger partial charge in [-0.05, 0) is 55.5 Å². The number of fused-ring (bicyclic) bond motifs is 1. The minimum Gasteiger partial charge on any atom is -0.482 e. The van der Waals surface area contributed by atoms with Gasteiger partial charge in [-0.2, -0.15) is 0 Å². The predicted molar refractivity (Wildman–Crippen MR) is 136 cm³/mol. The Kier molecular flexibility index (Phi) is 5.60. The van der Waals surface area contributed by atoms with E-state index in [1.165, 1.54) is 11.3 Å². The first-order valence-electron chi connectivity index (χ1n) is 10.5. The van der Waals surface area contributed by atoms with Crippen molar-refractivity contribution in [1.29, 1.82) is 0 Å². The van der Waals surface area contributed by atoms with Crippen LogP contribution in [-0.4, -0.2) is 27.4 Å². The number of hydrogen-bond donors (Lipinski definition) is 3. The van der Waals surface area contributed by atoms with Crippen molar-refractivity contribution in [1.82, 2.24) is 14.4 Å². The second-order valence-electron chi connectivity index (χ2n) is 7.59. The molecule has 0 aliphatic carbocycles. The zero-order chi connectivity index (χ0) is 23.7. The first-order chi connectivity index (χ1) is 16.5. The molecule has 5 rings (SSSR count). The van der Waals surface area contributed by atoms with Crippen LogP contribution in [-0.2, 0) is 0 Å². The number of thiazole rings is 1. The summed E-state index contributed by atoms with van der Waals surface area (Å²) in [5, 5.41) is 8.85. The van der Waals surface area contributed by atoms with Gasteiger partial charge in [0.2, 0.25) is 0 Å². The van der Waals surface area contributed by atoms with Crippen molar-refractivity contribution >= 4 is 45.1 Å². The van der Waals surface area contributed by atoms with Gasteiger partial charge in [-0.25, -0.2) is 9.97 Å². The maximum absolute atomic E-state index is 12.5. The number of nitrogens with two attached hydrogens (primary N) is 1. The molecule has 0 radical (unpaired) electrons. The molecule has 3 aromatic heterocycles. The van der Waals surface area contributed by atoms with Crippen molar-refractivity contribution in [3.05, 3.63) is 83.4 Å². The van der Waals surface area contributed by atoms with Gasteiger partial charge < -0.3 is 21.1 Å². The number of nitrogens with zero attached hydrogens (tertiary/aromatic N) is 3. The molecule has 9 heteroatoms. The van der Waals surface area contributed by atoms with Gasteiger partial charge in [0.25, 0.3) is 5.91 Å². The molecule has 1 amide bonds. The molecule has 0 bridgehead atoms. The molecule has 0 aliphatic rings. The normalized spacial score (nSPS) is 10.9. The van der Waals surface area contributed by atoms with E-state index in [0.717, 1.165) is 33.5 Å². The number of nitrogens with one attached hydrogen (secondary N) is 2. The molecule has 5 aromatic rings. The largest absolute Gasteiger partial charge is 0.482 e. The van der Waals surface area contributed by atoms with Crippen LogP contribution in [0.25, 0.3) is 17.0 Å². The Morgan fingerprint density at radius 1 is 1.03 bits per heavy atom. The Hall–Kier alpha value is -4.37. The fourth-order valence-corrected chi connectivity index (χ4v) is 4.43. The van der Waals surface area contributed by atoms with Crippen molar-refractivity contribution in [3.8, 4) is 17.3 Å². The van der Waals surface area contributed by atoms with Gasteiger partial charge >= 0.3 is 0 Å². The fourth-order valence-electron chi connectivity index (χ4n) is 3.71. The lowest BCUT2D eigenvalue weighted by Gasteiger charge is -2.09. The van der Waals surface area contributed by atoms with Crippen LogP contribution >= 0.6 is 11.3 Å². The highest BCUT2D eigenvalue weighted by atomic mass is 32.1. The van der Waals surface area contributed by atoms with E-state index in [9.17, 15) is 4.79 Å². The molecule has 0 fully saturated rings. The van der Waals surface area contributed by atoms with Crippen LogP contribution in [0, 0.1) is 6.92 Å². The molecule has 0 aliphatic heterocycles. The number of aryl methyl sites for hydroxylation is 1. The molecule has 2 aromatic carbocycles. The number of amides is 1. The maximum atomic E-state index is 12.5. The van der Waals surface area contributed by atoms with E-state index < -0.39 is 0 Å². The van der Waals surface area contributed by atoms with Crippen LogP contribution in [0.5, 0.6) is 5.88 Å². The van der Waals surface area contributed by atoms with Crippen LogP contribution in [0.2, 0.25) is 0 Å². The maximum Gasteiger partial charge on any atom is 0.255 e. The van der Waals surface area contributed by atoms with Gasteiger partial charge in [0.05, 0.1) is 29.9 Å². The lowest BCUT2D eigenvalue weighted by atomic mass is 10.2. The minimum atomic E-state index is -0.224. The third kappa shape index (κ3) is 4.04. The van der Waals surface area contributed by atoms with E-state index in [1.54, 1.807) is 31.4 Å².